The molecular weight excluding hydrogens is 690 g/mol. The summed E-state index contributed by atoms with van der Waals surface area (Å²) in [4.78, 5) is 0. The number of hydrogen-bond donors (Lipinski definition) is 1. The fourth-order valence-electron chi connectivity index (χ4n) is 5.32. The summed E-state index contributed by atoms with van der Waals surface area (Å²) in [5.41, 5.74) is -3.15. The summed E-state index contributed by atoms with van der Waals surface area (Å²) in [6.45, 7) is 6.58. The molecule has 0 amide bonds. The second-order valence-electron chi connectivity index (χ2n) is 12.0. The second-order valence-corrected chi connectivity index (χ2v) is 16.3. The molecule has 0 aromatic heterocycles. The van der Waals surface area contributed by atoms with Crippen LogP contribution in [0.3, 0.4) is 0 Å². The zero-order valence-corrected chi connectivity index (χ0v) is 27.9. The number of aryl methyl sites for hydroxylation is 3. The van der Waals surface area contributed by atoms with Gasteiger partial charge in [0, 0.05) is 18.0 Å². The van der Waals surface area contributed by atoms with Crippen LogP contribution < -0.4 is 16.2 Å². The molecule has 0 aliphatic rings. The fourth-order valence-corrected chi connectivity index (χ4v) is 11.0. The SMILES string of the molecule is Cc1cc(C)c(P(/C(=C/C(C)(C)C)B(c2c(F)c(F)c(F)c(F)c2F)c2c(F)c(F)c(F)c(F)c2F)S(O)=Nc2ccccc2)c(C)c1. The zero-order valence-electron chi connectivity index (χ0n) is 26.2. The van der Waals surface area contributed by atoms with Gasteiger partial charge in [-0.05, 0) is 54.8 Å². The Balaban J connectivity index is 2.33. The normalized spacial score (nSPS) is 13.6. The maximum Gasteiger partial charge on any atom is 0.258 e. The molecule has 0 saturated carbocycles. The molecule has 48 heavy (non-hydrogen) atoms. The average molecular weight is 717 g/mol. The Bertz CT molecular complexity index is 1830. The van der Waals surface area contributed by atoms with Gasteiger partial charge in [-0.1, -0.05) is 68.0 Å². The maximum absolute atomic E-state index is 15.8. The highest BCUT2D eigenvalue weighted by Gasteiger charge is 2.45. The van der Waals surface area contributed by atoms with Crippen molar-refractivity contribution in [3.05, 3.63) is 129 Å². The van der Waals surface area contributed by atoms with Gasteiger partial charge >= 0.3 is 0 Å². The first-order valence-corrected chi connectivity index (χ1v) is 17.2. The molecule has 0 saturated heterocycles. The van der Waals surface area contributed by atoms with Crippen LogP contribution in [0.2, 0.25) is 0 Å². The molecule has 0 fully saturated rings. The molecule has 0 aliphatic heterocycles. The highest BCUT2D eigenvalue weighted by atomic mass is 32.7. The van der Waals surface area contributed by atoms with Crippen LogP contribution >= 0.6 is 7.12 Å². The number of rotatable bonds is 7. The Morgan fingerprint density at radius 3 is 1.42 bits per heavy atom. The van der Waals surface area contributed by atoms with Crippen molar-refractivity contribution in [3.63, 3.8) is 0 Å². The maximum atomic E-state index is 15.8. The molecule has 4 aromatic rings. The predicted octanol–water partition coefficient (Wildman–Crippen LogP) is 9.41. The summed E-state index contributed by atoms with van der Waals surface area (Å²) in [6, 6.07) is 11.0. The summed E-state index contributed by atoms with van der Waals surface area (Å²) in [7, 11) is -5.00. The van der Waals surface area contributed by atoms with E-state index in [9.17, 15) is 30.9 Å². The Morgan fingerprint density at radius 2 is 1.04 bits per heavy atom. The molecule has 1 N–H and O–H groups in total. The van der Waals surface area contributed by atoms with Crippen molar-refractivity contribution in [2.75, 3.05) is 0 Å². The van der Waals surface area contributed by atoms with Crippen molar-refractivity contribution >= 4 is 46.3 Å². The van der Waals surface area contributed by atoms with Gasteiger partial charge < -0.3 is 4.55 Å². The molecule has 4 rings (SSSR count). The van der Waals surface area contributed by atoms with Crippen LogP contribution in [0.5, 0.6) is 0 Å². The van der Waals surface area contributed by atoms with E-state index in [0.29, 0.717) is 11.1 Å². The van der Waals surface area contributed by atoms with Crippen LogP contribution in [-0.4, -0.2) is 11.3 Å². The van der Waals surface area contributed by atoms with Gasteiger partial charge in [-0.3, -0.25) is 0 Å². The topological polar surface area (TPSA) is 32.6 Å². The van der Waals surface area contributed by atoms with Crippen LogP contribution in [0.25, 0.3) is 0 Å². The first kappa shape index (κ1) is 37.3. The quantitative estimate of drug-likeness (QED) is 0.0668. The van der Waals surface area contributed by atoms with E-state index in [1.165, 1.54) is 32.9 Å². The van der Waals surface area contributed by atoms with E-state index in [4.69, 9.17) is 0 Å². The Hall–Kier alpha value is -3.48. The van der Waals surface area contributed by atoms with Gasteiger partial charge in [-0.2, -0.15) is 4.36 Å². The van der Waals surface area contributed by atoms with Gasteiger partial charge in [0.25, 0.3) is 6.71 Å². The van der Waals surface area contributed by atoms with Gasteiger partial charge in [0.2, 0.25) is 0 Å². The van der Waals surface area contributed by atoms with E-state index in [0.717, 1.165) is 11.6 Å². The van der Waals surface area contributed by atoms with Crippen molar-refractivity contribution in [2.45, 2.75) is 41.5 Å². The highest BCUT2D eigenvalue weighted by Crippen LogP contribution is 2.53. The molecule has 254 valence electrons. The number of benzene rings is 4. The minimum Gasteiger partial charge on any atom is -0.318 e. The number of nitrogens with zero attached hydrogens (tertiary/aromatic N) is 1. The molecule has 0 spiro atoms. The molecular formula is C33H27BF10NOPS. The van der Waals surface area contributed by atoms with Crippen LogP contribution in [0, 0.1) is 84.4 Å². The smallest absolute Gasteiger partial charge is 0.258 e. The largest absolute Gasteiger partial charge is 0.318 e. The number of allylic oxidation sites excluding steroid dienone is 1. The van der Waals surface area contributed by atoms with Crippen molar-refractivity contribution in [1.29, 1.82) is 0 Å². The number of hydrogen-bond acceptors (Lipinski definition) is 1. The van der Waals surface area contributed by atoms with Crippen LogP contribution in [0.15, 0.2) is 58.1 Å². The summed E-state index contributed by atoms with van der Waals surface area (Å²) >= 11 is 0. The second kappa shape index (κ2) is 14.2. The van der Waals surface area contributed by atoms with Crippen LogP contribution in [0.4, 0.5) is 49.6 Å². The zero-order chi connectivity index (χ0) is 36.0. The monoisotopic (exact) mass is 717 g/mol. The number of halogens is 10. The highest BCUT2D eigenvalue weighted by molar-refractivity contribution is 8.49. The third-order valence-electron chi connectivity index (χ3n) is 7.12. The van der Waals surface area contributed by atoms with Crippen molar-refractivity contribution in [1.82, 2.24) is 0 Å². The molecule has 0 bridgehead atoms. The lowest BCUT2D eigenvalue weighted by Gasteiger charge is -2.32. The standard InChI is InChI=1S/C33H27BF10NOPS/c1-15-12-16(2)32(17(3)13-15)47(48(46)45-18-10-8-7-9-11-18)19(14-33(4,5)6)34(20-22(35)26(39)30(43)27(40)23(20)36)21-24(37)28(41)31(44)29(42)25(21)38/h7-14H,1-6H3,(H,45,46)/b19-14+. The minimum absolute atomic E-state index is 0.178. The Kier molecular flexibility index (Phi) is 11.0. The van der Waals surface area contributed by atoms with Gasteiger partial charge in [-0.15, -0.1) is 0 Å². The van der Waals surface area contributed by atoms with Crippen molar-refractivity contribution < 1.29 is 48.5 Å². The molecule has 0 radical (unpaired) electrons. The Labute approximate surface area is 274 Å². The van der Waals surface area contributed by atoms with Crippen molar-refractivity contribution in [3.8, 4) is 0 Å². The fraction of sp³-hybridized carbons (Fsp3) is 0.212. The summed E-state index contributed by atoms with van der Waals surface area (Å²) in [5.74, 6) is -25.5. The Morgan fingerprint density at radius 1 is 0.667 bits per heavy atom. The van der Waals surface area contributed by atoms with E-state index in [2.05, 4.69) is 4.36 Å². The minimum atomic E-state index is -2.85. The molecule has 4 aromatic carbocycles. The lowest BCUT2D eigenvalue weighted by Crippen LogP contribution is -2.52. The molecule has 2 nitrogen and oxygen atoms in total. The summed E-state index contributed by atoms with van der Waals surface area (Å²) < 4.78 is 167. The lowest BCUT2D eigenvalue weighted by atomic mass is 9.39. The first-order valence-electron chi connectivity index (χ1n) is 14.1. The van der Waals surface area contributed by atoms with E-state index >= 15 is 17.6 Å². The molecule has 0 heterocycles. The van der Waals surface area contributed by atoms with Crippen LogP contribution in [0.1, 0.15) is 37.5 Å². The van der Waals surface area contributed by atoms with E-state index < -0.39 is 104 Å². The van der Waals surface area contributed by atoms with E-state index in [-0.39, 0.29) is 11.0 Å². The first-order chi connectivity index (χ1) is 22.3. The lowest BCUT2D eigenvalue weighted by molar-refractivity contribution is 0.382. The summed E-state index contributed by atoms with van der Waals surface area (Å²) in [5, 5.41) is -0.348. The summed E-state index contributed by atoms with van der Waals surface area (Å²) in [6.07, 6.45) is 1.16. The van der Waals surface area contributed by atoms with Gasteiger partial charge in [0.15, 0.2) is 58.2 Å². The third-order valence-corrected chi connectivity index (χ3v) is 12.2. The third kappa shape index (κ3) is 7.11. The van der Waals surface area contributed by atoms with Crippen molar-refractivity contribution in [2.24, 2.45) is 9.78 Å². The molecule has 0 aliphatic carbocycles. The van der Waals surface area contributed by atoms with Gasteiger partial charge in [-0.25, -0.2) is 43.9 Å². The van der Waals surface area contributed by atoms with E-state index in [1.54, 1.807) is 51.1 Å². The van der Waals surface area contributed by atoms with Gasteiger partial charge in [0.1, 0.15) is 0 Å². The average Bonchev–Trinajstić information content (AvgIpc) is 3.01. The van der Waals surface area contributed by atoms with Gasteiger partial charge in [0.05, 0.1) is 16.3 Å². The molecule has 2 atom stereocenters. The molecule has 2 unspecified atom stereocenters. The van der Waals surface area contributed by atoms with Crippen LogP contribution in [-0.2, 0) is 10.6 Å². The molecule has 15 heteroatoms. The van der Waals surface area contributed by atoms with E-state index in [1.807, 2.05) is 0 Å². The predicted molar refractivity (Wildman–Crippen MR) is 171 cm³/mol.